The quantitative estimate of drug-likeness (QED) is 0.749. The molecule has 0 aromatic heterocycles. The zero-order valence-electron chi connectivity index (χ0n) is 7.53. The Hall–Kier alpha value is -1.53. The smallest absolute Gasteiger partial charge is 0.119 e. The van der Waals surface area contributed by atoms with E-state index in [-0.39, 0.29) is 0 Å². The SMILES string of the molecule is COc1cccc(CC(N)C#N)c1. The molecular weight excluding hydrogens is 164 g/mol. The highest BCUT2D eigenvalue weighted by Crippen LogP contribution is 2.13. The molecule has 3 heteroatoms. The van der Waals surface area contributed by atoms with Crippen molar-refractivity contribution < 1.29 is 4.74 Å². The number of ether oxygens (including phenoxy) is 1. The second-order valence-electron chi connectivity index (χ2n) is 2.79. The molecule has 0 amide bonds. The molecule has 0 spiro atoms. The minimum Gasteiger partial charge on any atom is -0.497 e. The minimum absolute atomic E-state index is 0.438. The molecule has 1 atom stereocenters. The number of rotatable bonds is 3. The normalized spacial score (nSPS) is 11.8. The average Bonchev–Trinajstić information content (AvgIpc) is 2.18. The first-order valence-electron chi connectivity index (χ1n) is 4.04. The van der Waals surface area contributed by atoms with E-state index in [0.717, 1.165) is 11.3 Å². The largest absolute Gasteiger partial charge is 0.497 e. The van der Waals surface area contributed by atoms with Crippen molar-refractivity contribution in [3.05, 3.63) is 29.8 Å². The summed E-state index contributed by atoms with van der Waals surface area (Å²) in [7, 11) is 1.61. The fraction of sp³-hybridized carbons (Fsp3) is 0.300. The Kier molecular flexibility index (Phi) is 3.30. The van der Waals surface area contributed by atoms with Crippen LogP contribution in [-0.2, 0) is 6.42 Å². The van der Waals surface area contributed by atoms with Gasteiger partial charge in [-0.2, -0.15) is 5.26 Å². The summed E-state index contributed by atoms with van der Waals surface area (Å²) < 4.78 is 5.05. The summed E-state index contributed by atoms with van der Waals surface area (Å²) in [6.45, 7) is 0. The van der Waals surface area contributed by atoms with Gasteiger partial charge in [-0.15, -0.1) is 0 Å². The molecule has 2 N–H and O–H groups in total. The van der Waals surface area contributed by atoms with E-state index in [0.29, 0.717) is 6.42 Å². The fourth-order valence-corrected chi connectivity index (χ4v) is 1.10. The summed E-state index contributed by atoms with van der Waals surface area (Å²) in [5.74, 6) is 0.794. The van der Waals surface area contributed by atoms with Gasteiger partial charge in [-0.25, -0.2) is 0 Å². The average molecular weight is 176 g/mol. The molecule has 0 bridgehead atoms. The molecule has 1 unspecified atom stereocenters. The summed E-state index contributed by atoms with van der Waals surface area (Å²) in [4.78, 5) is 0. The third kappa shape index (κ3) is 2.77. The summed E-state index contributed by atoms with van der Waals surface area (Å²) in [5.41, 5.74) is 6.52. The van der Waals surface area contributed by atoms with Crippen molar-refractivity contribution in [1.29, 1.82) is 5.26 Å². The van der Waals surface area contributed by atoms with Gasteiger partial charge < -0.3 is 10.5 Å². The maximum Gasteiger partial charge on any atom is 0.119 e. The Morgan fingerprint density at radius 1 is 1.62 bits per heavy atom. The predicted octanol–water partition coefficient (Wildman–Crippen LogP) is 1.09. The standard InChI is InChI=1S/C10H12N2O/c1-13-10-4-2-3-8(6-10)5-9(12)7-11/h2-4,6,9H,5,12H2,1H3. The Morgan fingerprint density at radius 2 is 2.38 bits per heavy atom. The first kappa shape index (κ1) is 9.56. The minimum atomic E-state index is -0.438. The molecule has 1 aromatic carbocycles. The van der Waals surface area contributed by atoms with E-state index in [1.165, 1.54) is 0 Å². The second-order valence-corrected chi connectivity index (χ2v) is 2.79. The van der Waals surface area contributed by atoms with Crippen LogP contribution in [0.3, 0.4) is 0 Å². The summed E-state index contributed by atoms with van der Waals surface area (Å²) in [6.07, 6.45) is 0.563. The second kappa shape index (κ2) is 4.48. The van der Waals surface area contributed by atoms with Crippen LogP contribution < -0.4 is 10.5 Å². The van der Waals surface area contributed by atoms with Crippen molar-refractivity contribution in [2.24, 2.45) is 5.73 Å². The maximum absolute atomic E-state index is 8.52. The fourth-order valence-electron chi connectivity index (χ4n) is 1.10. The van der Waals surface area contributed by atoms with Gasteiger partial charge in [-0.1, -0.05) is 12.1 Å². The summed E-state index contributed by atoms with van der Waals surface area (Å²) >= 11 is 0. The number of nitrogens with two attached hydrogens (primary N) is 1. The van der Waals surface area contributed by atoms with Crippen LogP contribution in [0.25, 0.3) is 0 Å². The van der Waals surface area contributed by atoms with Gasteiger partial charge in [0.1, 0.15) is 5.75 Å². The first-order chi connectivity index (χ1) is 6.26. The van der Waals surface area contributed by atoms with Crippen LogP contribution in [0.2, 0.25) is 0 Å². The lowest BCUT2D eigenvalue weighted by Gasteiger charge is -2.04. The molecule has 0 saturated carbocycles. The van der Waals surface area contributed by atoms with Crippen molar-refractivity contribution in [2.75, 3.05) is 7.11 Å². The lowest BCUT2D eigenvalue weighted by molar-refractivity contribution is 0.414. The van der Waals surface area contributed by atoms with E-state index in [4.69, 9.17) is 15.7 Å². The zero-order valence-corrected chi connectivity index (χ0v) is 7.53. The molecule has 0 fully saturated rings. The number of benzene rings is 1. The van der Waals surface area contributed by atoms with Gasteiger partial charge in [0, 0.05) is 6.42 Å². The van der Waals surface area contributed by atoms with Gasteiger partial charge in [0.25, 0.3) is 0 Å². The van der Waals surface area contributed by atoms with Crippen LogP contribution in [0.5, 0.6) is 5.75 Å². The van der Waals surface area contributed by atoms with Crippen molar-refractivity contribution in [1.82, 2.24) is 0 Å². The van der Waals surface area contributed by atoms with Gasteiger partial charge in [-0.3, -0.25) is 0 Å². The number of hydrogen-bond acceptors (Lipinski definition) is 3. The molecule has 1 aromatic rings. The van der Waals surface area contributed by atoms with Crippen molar-refractivity contribution >= 4 is 0 Å². The highest BCUT2D eigenvalue weighted by atomic mass is 16.5. The molecule has 13 heavy (non-hydrogen) atoms. The van der Waals surface area contributed by atoms with Gasteiger partial charge in [-0.05, 0) is 17.7 Å². The molecule has 1 rings (SSSR count). The van der Waals surface area contributed by atoms with E-state index >= 15 is 0 Å². The number of nitrogens with zero attached hydrogens (tertiary/aromatic N) is 1. The summed E-state index contributed by atoms with van der Waals surface area (Å²) in [6, 6.07) is 9.12. The number of hydrogen-bond donors (Lipinski definition) is 1. The van der Waals surface area contributed by atoms with E-state index in [1.807, 2.05) is 30.3 Å². The molecular formula is C10H12N2O. The van der Waals surface area contributed by atoms with Crippen molar-refractivity contribution in [3.63, 3.8) is 0 Å². The molecule has 0 aliphatic heterocycles. The third-order valence-electron chi connectivity index (χ3n) is 1.76. The Morgan fingerprint density at radius 3 is 3.00 bits per heavy atom. The van der Waals surface area contributed by atoms with Crippen LogP contribution >= 0.6 is 0 Å². The third-order valence-corrected chi connectivity index (χ3v) is 1.76. The first-order valence-corrected chi connectivity index (χ1v) is 4.04. The van der Waals surface area contributed by atoms with Crippen LogP contribution in [0, 0.1) is 11.3 Å². The molecule has 0 heterocycles. The lowest BCUT2D eigenvalue weighted by Crippen LogP contribution is -2.19. The topological polar surface area (TPSA) is 59.0 Å². The number of methoxy groups -OCH3 is 1. The lowest BCUT2D eigenvalue weighted by atomic mass is 10.1. The Balaban J connectivity index is 2.73. The molecule has 0 aliphatic carbocycles. The van der Waals surface area contributed by atoms with Crippen LogP contribution in [0.15, 0.2) is 24.3 Å². The predicted molar refractivity (Wildman–Crippen MR) is 50.3 cm³/mol. The van der Waals surface area contributed by atoms with Gasteiger partial charge in [0.05, 0.1) is 19.2 Å². The van der Waals surface area contributed by atoms with Crippen LogP contribution in [0.4, 0.5) is 0 Å². The van der Waals surface area contributed by atoms with Crippen molar-refractivity contribution in [3.8, 4) is 11.8 Å². The van der Waals surface area contributed by atoms with Gasteiger partial charge in [0.15, 0.2) is 0 Å². The maximum atomic E-state index is 8.52. The molecule has 68 valence electrons. The van der Waals surface area contributed by atoms with Crippen molar-refractivity contribution in [2.45, 2.75) is 12.5 Å². The molecule has 3 nitrogen and oxygen atoms in total. The van der Waals surface area contributed by atoms with E-state index in [1.54, 1.807) is 7.11 Å². The molecule has 0 radical (unpaired) electrons. The van der Waals surface area contributed by atoms with Gasteiger partial charge in [0.2, 0.25) is 0 Å². The summed E-state index contributed by atoms with van der Waals surface area (Å²) in [5, 5.41) is 8.52. The van der Waals surface area contributed by atoms with Crippen LogP contribution in [0.1, 0.15) is 5.56 Å². The zero-order chi connectivity index (χ0) is 9.68. The van der Waals surface area contributed by atoms with E-state index in [2.05, 4.69) is 0 Å². The van der Waals surface area contributed by atoms with Gasteiger partial charge >= 0.3 is 0 Å². The van der Waals surface area contributed by atoms with E-state index < -0.39 is 6.04 Å². The highest BCUT2D eigenvalue weighted by Gasteiger charge is 2.02. The number of nitriles is 1. The Labute approximate surface area is 77.7 Å². The monoisotopic (exact) mass is 176 g/mol. The Bertz CT molecular complexity index is 317. The molecule has 0 saturated heterocycles. The highest BCUT2D eigenvalue weighted by molar-refractivity contribution is 5.29. The van der Waals surface area contributed by atoms with E-state index in [9.17, 15) is 0 Å². The molecule has 0 aliphatic rings. The van der Waals surface area contributed by atoms with Crippen LogP contribution in [-0.4, -0.2) is 13.2 Å².